The zero-order valence-corrected chi connectivity index (χ0v) is 9.71. The lowest BCUT2D eigenvalue weighted by Gasteiger charge is -2.14. The monoisotopic (exact) mass is 262 g/mol. The van der Waals surface area contributed by atoms with E-state index in [-0.39, 0.29) is 6.04 Å². The van der Waals surface area contributed by atoms with E-state index in [0.717, 1.165) is 29.7 Å². The highest BCUT2D eigenvalue weighted by Gasteiger charge is 2.14. The highest BCUT2D eigenvalue weighted by Crippen LogP contribution is 2.26. The molecule has 0 amide bonds. The molecule has 4 nitrogen and oxygen atoms in total. The summed E-state index contributed by atoms with van der Waals surface area (Å²) in [6.07, 6.45) is 3.52. The molecule has 0 aliphatic rings. The van der Waals surface area contributed by atoms with Gasteiger partial charge in [0.15, 0.2) is 4.67 Å². The zero-order chi connectivity index (χ0) is 10.4. The Hall–Kier alpha value is -0.360. The number of hydrazine groups is 1. The van der Waals surface area contributed by atoms with Crippen LogP contribution in [0.15, 0.2) is 21.4 Å². The summed E-state index contributed by atoms with van der Waals surface area (Å²) in [5, 5.41) is 0. The second-order valence-corrected chi connectivity index (χ2v) is 3.72. The van der Waals surface area contributed by atoms with Crippen LogP contribution in [-0.2, 0) is 4.74 Å². The SMILES string of the molecule is COCCCC(NN)c1ccoc1Br. The van der Waals surface area contributed by atoms with Crippen LogP contribution in [0.2, 0.25) is 0 Å². The maximum atomic E-state index is 5.46. The summed E-state index contributed by atoms with van der Waals surface area (Å²) >= 11 is 3.32. The molecule has 1 atom stereocenters. The Labute approximate surface area is 91.9 Å². The first kappa shape index (κ1) is 11.7. The molecule has 1 aromatic heterocycles. The molecule has 1 rings (SSSR count). The van der Waals surface area contributed by atoms with Gasteiger partial charge in [0.05, 0.1) is 12.3 Å². The van der Waals surface area contributed by atoms with E-state index in [4.69, 9.17) is 15.0 Å². The van der Waals surface area contributed by atoms with E-state index in [0.29, 0.717) is 0 Å². The molecule has 1 heterocycles. The van der Waals surface area contributed by atoms with Crippen LogP contribution < -0.4 is 11.3 Å². The van der Waals surface area contributed by atoms with Crippen molar-refractivity contribution < 1.29 is 9.15 Å². The fraction of sp³-hybridized carbons (Fsp3) is 0.556. The normalized spacial score (nSPS) is 13.1. The molecular formula is C9H15BrN2O2. The van der Waals surface area contributed by atoms with Crippen molar-refractivity contribution in [1.82, 2.24) is 5.43 Å². The second kappa shape index (κ2) is 6.19. The Morgan fingerprint density at radius 2 is 2.50 bits per heavy atom. The van der Waals surface area contributed by atoms with Crippen molar-refractivity contribution in [1.29, 1.82) is 0 Å². The largest absolute Gasteiger partial charge is 0.457 e. The van der Waals surface area contributed by atoms with E-state index < -0.39 is 0 Å². The number of furan rings is 1. The predicted molar refractivity (Wildman–Crippen MR) is 57.6 cm³/mol. The van der Waals surface area contributed by atoms with Crippen molar-refractivity contribution in [2.75, 3.05) is 13.7 Å². The van der Waals surface area contributed by atoms with E-state index in [9.17, 15) is 0 Å². The number of nitrogens with two attached hydrogens (primary N) is 1. The van der Waals surface area contributed by atoms with Gasteiger partial charge in [0.25, 0.3) is 0 Å². The van der Waals surface area contributed by atoms with Gasteiger partial charge in [0, 0.05) is 19.3 Å². The number of halogens is 1. The van der Waals surface area contributed by atoms with E-state index in [1.54, 1.807) is 13.4 Å². The molecule has 80 valence electrons. The Morgan fingerprint density at radius 1 is 1.71 bits per heavy atom. The summed E-state index contributed by atoms with van der Waals surface area (Å²) in [5.74, 6) is 5.46. The average molecular weight is 263 g/mol. The van der Waals surface area contributed by atoms with Crippen LogP contribution >= 0.6 is 15.9 Å². The molecule has 1 unspecified atom stereocenters. The Balaban J connectivity index is 2.50. The second-order valence-electron chi connectivity index (χ2n) is 3.00. The highest BCUT2D eigenvalue weighted by molar-refractivity contribution is 9.10. The van der Waals surface area contributed by atoms with Crippen LogP contribution in [0.25, 0.3) is 0 Å². The highest BCUT2D eigenvalue weighted by atomic mass is 79.9. The molecule has 0 fully saturated rings. The number of rotatable bonds is 6. The zero-order valence-electron chi connectivity index (χ0n) is 8.13. The Kier molecular flexibility index (Phi) is 5.17. The van der Waals surface area contributed by atoms with Gasteiger partial charge < -0.3 is 9.15 Å². The van der Waals surface area contributed by atoms with E-state index in [1.165, 1.54) is 0 Å². The summed E-state index contributed by atoms with van der Waals surface area (Å²) in [7, 11) is 1.69. The lowest BCUT2D eigenvalue weighted by molar-refractivity contribution is 0.188. The molecule has 0 aliphatic heterocycles. The van der Waals surface area contributed by atoms with Gasteiger partial charge in [-0.05, 0) is 34.8 Å². The standard InChI is InChI=1S/C9H15BrN2O2/c1-13-5-2-3-8(12-11)7-4-6-14-9(7)10/h4,6,8,12H,2-3,5,11H2,1H3. The van der Waals surface area contributed by atoms with Crippen molar-refractivity contribution in [2.24, 2.45) is 5.84 Å². The molecular weight excluding hydrogens is 248 g/mol. The lowest BCUT2D eigenvalue weighted by atomic mass is 10.1. The van der Waals surface area contributed by atoms with Crippen LogP contribution in [0.1, 0.15) is 24.4 Å². The minimum absolute atomic E-state index is 0.110. The summed E-state index contributed by atoms with van der Waals surface area (Å²) < 4.78 is 10.9. The first-order valence-corrected chi connectivity index (χ1v) is 5.27. The van der Waals surface area contributed by atoms with E-state index in [2.05, 4.69) is 21.4 Å². The maximum absolute atomic E-state index is 5.46. The summed E-state index contributed by atoms with van der Waals surface area (Å²) in [6, 6.07) is 2.01. The number of methoxy groups -OCH3 is 1. The quantitative estimate of drug-likeness (QED) is 0.468. The van der Waals surface area contributed by atoms with Crippen molar-refractivity contribution in [2.45, 2.75) is 18.9 Å². The first-order valence-electron chi connectivity index (χ1n) is 4.47. The van der Waals surface area contributed by atoms with Crippen molar-refractivity contribution >= 4 is 15.9 Å². The fourth-order valence-corrected chi connectivity index (χ4v) is 1.83. The lowest BCUT2D eigenvalue weighted by Crippen LogP contribution is -2.28. The van der Waals surface area contributed by atoms with E-state index in [1.807, 2.05) is 6.07 Å². The smallest absolute Gasteiger partial charge is 0.173 e. The molecule has 0 radical (unpaired) electrons. The van der Waals surface area contributed by atoms with Crippen LogP contribution in [0.3, 0.4) is 0 Å². The van der Waals surface area contributed by atoms with Crippen molar-refractivity contribution in [3.05, 3.63) is 22.6 Å². The van der Waals surface area contributed by atoms with Gasteiger partial charge in [0.1, 0.15) is 0 Å². The molecule has 0 spiro atoms. The average Bonchev–Trinajstić information content (AvgIpc) is 2.60. The topological polar surface area (TPSA) is 60.4 Å². The van der Waals surface area contributed by atoms with Gasteiger partial charge in [-0.15, -0.1) is 0 Å². The molecule has 0 aromatic carbocycles. The van der Waals surface area contributed by atoms with Gasteiger partial charge >= 0.3 is 0 Å². The minimum Gasteiger partial charge on any atom is -0.457 e. The molecule has 5 heteroatoms. The predicted octanol–water partition coefficient (Wildman–Crippen LogP) is 1.97. The van der Waals surface area contributed by atoms with Crippen molar-refractivity contribution in [3.8, 4) is 0 Å². The molecule has 1 aromatic rings. The Morgan fingerprint density at radius 3 is 3.00 bits per heavy atom. The first-order chi connectivity index (χ1) is 6.79. The fourth-order valence-electron chi connectivity index (χ4n) is 1.31. The van der Waals surface area contributed by atoms with Crippen LogP contribution in [0.5, 0.6) is 0 Å². The molecule has 0 saturated carbocycles. The van der Waals surface area contributed by atoms with Gasteiger partial charge in [-0.1, -0.05) is 0 Å². The molecule has 0 aliphatic carbocycles. The molecule has 3 N–H and O–H groups in total. The minimum atomic E-state index is 0.110. The third kappa shape index (κ3) is 3.09. The number of hydrogen-bond donors (Lipinski definition) is 2. The summed E-state index contributed by atoms with van der Waals surface area (Å²) in [5.41, 5.74) is 3.80. The molecule has 0 saturated heterocycles. The van der Waals surface area contributed by atoms with Crippen molar-refractivity contribution in [3.63, 3.8) is 0 Å². The van der Waals surface area contributed by atoms with Gasteiger partial charge in [0.2, 0.25) is 0 Å². The third-order valence-electron chi connectivity index (χ3n) is 2.06. The van der Waals surface area contributed by atoms with Gasteiger partial charge in [-0.3, -0.25) is 11.3 Å². The van der Waals surface area contributed by atoms with E-state index >= 15 is 0 Å². The summed E-state index contributed by atoms with van der Waals surface area (Å²) in [4.78, 5) is 0. The Bertz CT molecular complexity index is 265. The maximum Gasteiger partial charge on any atom is 0.173 e. The number of hydrogen-bond acceptors (Lipinski definition) is 4. The molecule has 0 bridgehead atoms. The van der Waals surface area contributed by atoms with Crippen LogP contribution in [-0.4, -0.2) is 13.7 Å². The number of ether oxygens (including phenoxy) is 1. The van der Waals surface area contributed by atoms with Crippen LogP contribution in [0, 0.1) is 0 Å². The summed E-state index contributed by atoms with van der Waals surface area (Å²) in [6.45, 7) is 0.744. The third-order valence-corrected chi connectivity index (χ3v) is 2.71. The number of nitrogens with one attached hydrogen (secondary N) is 1. The molecule has 14 heavy (non-hydrogen) atoms. The van der Waals surface area contributed by atoms with Gasteiger partial charge in [-0.2, -0.15) is 0 Å². The van der Waals surface area contributed by atoms with Crippen LogP contribution in [0.4, 0.5) is 0 Å². The van der Waals surface area contributed by atoms with Gasteiger partial charge in [-0.25, -0.2) is 0 Å².